The zero-order chi connectivity index (χ0) is 16.4. The third kappa shape index (κ3) is 3.33. The average Bonchev–Trinajstić information content (AvgIpc) is 2.70. The number of amides is 3. The van der Waals surface area contributed by atoms with Gasteiger partial charge in [0.05, 0.1) is 17.6 Å². The molecule has 1 saturated carbocycles. The number of nitrogens with zero attached hydrogens (tertiary/aromatic N) is 4. The number of hydrogen-bond acceptors (Lipinski definition) is 3. The lowest BCUT2D eigenvalue weighted by molar-refractivity contribution is -0.138. The van der Waals surface area contributed by atoms with Crippen LogP contribution >= 0.6 is 0 Å². The highest BCUT2D eigenvalue weighted by molar-refractivity contribution is 5.89. The van der Waals surface area contributed by atoms with Crippen molar-refractivity contribution in [2.45, 2.75) is 32.6 Å². The van der Waals surface area contributed by atoms with Crippen molar-refractivity contribution in [3.8, 4) is 0 Å². The minimum Gasteiger partial charge on any atom is -0.341 e. The molecule has 1 aliphatic carbocycles. The number of rotatable bonds is 2. The van der Waals surface area contributed by atoms with E-state index in [1.165, 1.54) is 6.42 Å². The number of urea groups is 1. The van der Waals surface area contributed by atoms with Crippen molar-refractivity contribution < 1.29 is 9.59 Å². The fourth-order valence-corrected chi connectivity index (χ4v) is 3.07. The van der Waals surface area contributed by atoms with Gasteiger partial charge in [-0.05, 0) is 26.2 Å². The van der Waals surface area contributed by atoms with Gasteiger partial charge in [0.25, 0.3) is 0 Å². The Labute approximate surface area is 136 Å². The lowest BCUT2D eigenvalue weighted by Gasteiger charge is -2.31. The molecular formula is C16H25N5O2. The molecule has 0 bridgehead atoms. The van der Waals surface area contributed by atoms with Crippen LogP contribution in [0, 0.1) is 12.8 Å². The third-order valence-corrected chi connectivity index (χ3v) is 5.03. The van der Waals surface area contributed by atoms with Gasteiger partial charge in [-0.3, -0.25) is 9.48 Å². The Morgan fingerprint density at radius 3 is 2.43 bits per heavy atom. The van der Waals surface area contributed by atoms with Crippen LogP contribution in [-0.4, -0.2) is 57.7 Å². The number of carbonyl (C=O) groups is 2. The van der Waals surface area contributed by atoms with Gasteiger partial charge in [0.15, 0.2) is 0 Å². The second-order valence-electron chi connectivity index (χ2n) is 6.49. The van der Waals surface area contributed by atoms with Crippen LogP contribution in [0.3, 0.4) is 0 Å². The first-order chi connectivity index (χ1) is 11.1. The van der Waals surface area contributed by atoms with Gasteiger partial charge < -0.3 is 15.1 Å². The van der Waals surface area contributed by atoms with Gasteiger partial charge in [-0.25, -0.2) is 4.79 Å². The smallest absolute Gasteiger partial charge is 0.322 e. The van der Waals surface area contributed by atoms with E-state index < -0.39 is 0 Å². The lowest BCUT2D eigenvalue weighted by atomic mass is 9.84. The van der Waals surface area contributed by atoms with Gasteiger partial charge in [0.1, 0.15) is 0 Å². The molecule has 0 atom stereocenters. The summed E-state index contributed by atoms with van der Waals surface area (Å²) >= 11 is 0. The molecule has 1 saturated heterocycles. The monoisotopic (exact) mass is 319 g/mol. The summed E-state index contributed by atoms with van der Waals surface area (Å²) in [5.41, 5.74) is 1.67. The molecule has 0 radical (unpaired) electrons. The molecule has 0 aromatic carbocycles. The highest BCUT2D eigenvalue weighted by Gasteiger charge is 2.31. The topological polar surface area (TPSA) is 70.5 Å². The van der Waals surface area contributed by atoms with Crippen molar-refractivity contribution in [2.75, 3.05) is 31.5 Å². The molecule has 1 aromatic heterocycles. The van der Waals surface area contributed by atoms with Crippen molar-refractivity contribution in [1.82, 2.24) is 19.6 Å². The Morgan fingerprint density at radius 1 is 1.13 bits per heavy atom. The Hall–Kier alpha value is -2.05. The quantitative estimate of drug-likeness (QED) is 0.900. The van der Waals surface area contributed by atoms with Gasteiger partial charge in [-0.15, -0.1) is 0 Å². The summed E-state index contributed by atoms with van der Waals surface area (Å²) in [5, 5.41) is 7.05. The second-order valence-corrected chi connectivity index (χ2v) is 6.49. The maximum absolute atomic E-state index is 12.4. The summed E-state index contributed by atoms with van der Waals surface area (Å²) in [6, 6.07) is -0.112. The Morgan fingerprint density at radius 2 is 1.83 bits per heavy atom. The number of hydrogen-bond donors (Lipinski definition) is 1. The van der Waals surface area contributed by atoms with Crippen molar-refractivity contribution >= 4 is 17.6 Å². The minimum atomic E-state index is -0.112. The zero-order valence-corrected chi connectivity index (χ0v) is 13.9. The maximum atomic E-state index is 12.4. The number of anilines is 1. The molecule has 3 rings (SSSR count). The molecule has 7 nitrogen and oxygen atoms in total. The predicted octanol–water partition coefficient (Wildman–Crippen LogP) is 1.59. The van der Waals surface area contributed by atoms with Gasteiger partial charge in [0.2, 0.25) is 5.91 Å². The summed E-state index contributed by atoms with van der Waals surface area (Å²) in [6.07, 6.45) is 5.72. The molecule has 126 valence electrons. The van der Waals surface area contributed by atoms with Crippen LogP contribution in [0.2, 0.25) is 0 Å². The SMILES string of the molecule is Cc1c(NC(=O)N2CCCN(C(=O)C3CCC3)CC2)cnn1C. The van der Waals surface area contributed by atoms with Crippen LogP contribution in [0.5, 0.6) is 0 Å². The third-order valence-electron chi connectivity index (χ3n) is 5.03. The Balaban J connectivity index is 1.55. The van der Waals surface area contributed by atoms with Gasteiger partial charge >= 0.3 is 6.03 Å². The molecule has 0 unspecified atom stereocenters. The molecule has 1 N–H and O–H groups in total. The van der Waals surface area contributed by atoms with Crippen LogP contribution < -0.4 is 5.32 Å². The molecule has 3 amide bonds. The van der Waals surface area contributed by atoms with Crippen LogP contribution in [0.1, 0.15) is 31.4 Å². The van der Waals surface area contributed by atoms with Crippen molar-refractivity contribution in [1.29, 1.82) is 0 Å². The highest BCUT2D eigenvalue weighted by Crippen LogP contribution is 2.28. The average molecular weight is 319 g/mol. The Kier molecular flexibility index (Phi) is 4.54. The first kappa shape index (κ1) is 15.8. The van der Waals surface area contributed by atoms with E-state index >= 15 is 0 Å². The summed E-state index contributed by atoms with van der Waals surface area (Å²) in [7, 11) is 1.85. The first-order valence-electron chi connectivity index (χ1n) is 8.39. The van der Waals surface area contributed by atoms with E-state index in [4.69, 9.17) is 0 Å². The Bertz CT molecular complexity index is 593. The summed E-state index contributed by atoms with van der Waals surface area (Å²) in [4.78, 5) is 28.5. The van der Waals surface area contributed by atoms with Crippen molar-refractivity contribution in [3.05, 3.63) is 11.9 Å². The number of nitrogens with one attached hydrogen (secondary N) is 1. The van der Waals surface area contributed by atoms with E-state index in [-0.39, 0.29) is 17.9 Å². The van der Waals surface area contributed by atoms with Gasteiger partial charge in [-0.1, -0.05) is 6.42 Å². The standard InChI is InChI=1S/C16H25N5O2/c1-12-14(11-17-19(12)2)18-16(23)21-8-4-7-20(9-10-21)15(22)13-5-3-6-13/h11,13H,3-10H2,1-2H3,(H,18,23). The molecular weight excluding hydrogens is 294 g/mol. The summed E-state index contributed by atoms with van der Waals surface area (Å²) in [5.74, 6) is 0.509. The summed E-state index contributed by atoms with van der Waals surface area (Å²) in [6.45, 7) is 4.58. The summed E-state index contributed by atoms with van der Waals surface area (Å²) < 4.78 is 1.73. The molecule has 23 heavy (non-hydrogen) atoms. The predicted molar refractivity (Wildman–Crippen MR) is 87.1 cm³/mol. The number of aromatic nitrogens is 2. The fourth-order valence-electron chi connectivity index (χ4n) is 3.07. The van der Waals surface area contributed by atoms with E-state index in [0.29, 0.717) is 19.6 Å². The molecule has 1 aliphatic heterocycles. The van der Waals surface area contributed by atoms with Crippen LogP contribution in [0.15, 0.2) is 6.20 Å². The molecule has 2 heterocycles. The molecule has 2 fully saturated rings. The molecule has 0 spiro atoms. The van der Waals surface area contributed by atoms with E-state index in [1.807, 2.05) is 18.9 Å². The first-order valence-corrected chi connectivity index (χ1v) is 8.39. The largest absolute Gasteiger partial charge is 0.341 e. The highest BCUT2D eigenvalue weighted by atomic mass is 16.2. The fraction of sp³-hybridized carbons (Fsp3) is 0.688. The second kappa shape index (κ2) is 6.60. The van der Waals surface area contributed by atoms with Crippen molar-refractivity contribution in [2.24, 2.45) is 13.0 Å². The van der Waals surface area contributed by atoms with Crippen molar-refractivity contribution in [3.63, 3.8) is 0 Å². The van der Waals surface area contributed by atoms with E-state index in [2.05, 4.69) is 10.4 Å². The van der Waals surface area contributed by atoms with E-state index in [0.717, 1.165) is 37.2 Å². The van der Waals surface area contributed by atoms with Gasteiger partial charge in [0, 0.05) is 39.1 Å². The molecule has 2 aliphatic rings. The van der Waals surface area contributed by atoms with Crippen LogP contribution in [0.25, 0.3) is 0 Å². The van der Waals surface area contributed by atoms with Gasteiger partial charge in [-0.2, -0.15) is 5.10 Å². The van der Waals surface area contributed by atoms with E-state index in [9.17, 15) is 9.59 Å². The van der Waals surface area contributed by atoms with E-state index in [1.54, 1.807) is 15.8 Å². The zero-order valence-electron chi connectivity index (χ0n) is 13.9. The van der Waals surface area contributed by atoms with Crippen LogP contribution in [-0.2, 0) is 11.8 Å². The maximum Gasteiger partial charge on any atom is 0.322 e. The minimum absolute atomic E-state index is 0.112. The number of carbonyl (C=O) groups excluding carboxylic acids is 2. The molecule has 7 heteroatoms. The normalized spacial score (nSPS) is 19.2. The lowest BCUT2D eigenvalue weighted by Crippen LogP contribution is -2.42. The number of aryl methyl sites for hydroxylation is 1. The molecule has 1 aromatic rings. The van der Waals surface area contributed by atoms with Crippen LogP contribution in [0.4, 0.5) is 10.5 Å².